The minimum Gasteiger partial charge on any atom is -0.493 e. The van der Waals surface area contributed by atoms with E-state index in [1.165, 1.54) is 35.0 Å². The summed E-state index contributed by atoms with van der Waals surface area (Å²) in [5, 5.41) is 18.2. The molecule has 12 heteroatoms. The van der Waals surface area contributed by atoms with Crippen LogP contribution in [0.4, 0.5) is 23.8 Å². The van der Waals surface area contributed by atoms with Crippen molar-refractivity contribution < 1.29 is 32.5 Å². The van der Waals surface area contributed by atoms with Crippen LogP contribution in [0.1, 0.15) is 34.9 Å². The van der Waals surface area contributed by atoms with Gasteiger partial charge in [-0.2, -0.15) is 0 Å². The number of carbonyl (C=O) groups is 1. The van der Waals surface area contributed by atoms with E-state index in [2.05, 4.69) is 15.2 Å². The fraction of sp³-hybridized carbons (Fsp3) is 0.250. The van der Waals surface area contributed by atoms with Gasteiger partial charge < -0.3 is 14.6 Å². The van der Waals surface area contributed by atoms with Crippen LogP contribution in [0.5, 0.6) is 11.5 Å². The van der Waals surface area contributed by atoms with Crippen LogP contribution in [-0.2, 0) is 6.54 Å². The molecule has 0 spiro atoms. The van der Waals surface area contributed by atoms with E-state index in [4.69, 9.17) is 9.47 Å². The van der Waals surface area contributed by atoms with Crippen LogP contribution in [0, 0.1) is 12.7 Å². The highest BCUT2D eigenvalue weighted by atomic mass is 19.3. The molecule has 2 aliphatic heterocycles. The molecule has 1 amide bonds. The van der Waals surface area contributed by atoms with Crippen molar-refractivity contribution >= 4 is 17.6 Å². The molecular formula is C24H18F3N5O4. The maximum absolute atomic E-state index is 15.0. The van der Waals surface area contributed by atoms with Crippen LogP contribution < -0.4 is 14.4 Å². The minimum absolute atomic E-state index is 0.0958. The van der Waals surface area contributed by atoms with Crippen molar-refractivity contribution in [1.29, 1.82) is 0 Å². The zero-order valence-electron chi connectivity index (χ0n) is 18.8. The van der Waals surface area contributed by atoms with Gasteiger partial charge in [0.15, 0.2) is 17.2 Å². The van der Waals surface area contributed by atoms with Crippen molar-refractivity contribution in [3.8, 4) is 22.6 Å². The van der Waals surface area contributed by atoms with Crippen molar-refractivity contribution in [2.45, 2.75) is 25.8 Å². The number of ether oxygens (including phenoxy) is 2. The second-order valence-corrected chi connectivity index (χ2v) is 8.57. The Morgan fingerprint density at radius 3 is 2.64 bits per heavy atom. The maximum Gasteiger partial charge on any atom is 0.413 e. The number of aryl methyl sites for hydroxylation is 1. The summed E-state index contributed by atoms with van der Waals surface area (Å²) in [6, 6.07) is 7.10. The minimum atomic E-state index is -2.72. The molecule has 5 heterocycles. The molecule has 0 radical (unpaired) electrons. The van der Waals surface area contributed by atoms with Gasteiger partial charge in [-0.3, -0.25) is 14.3 Å². The zero-order valence-corrected chi connectivity index (χ0v) is 18.8. The third-order valence-electron chi connectivity index (χ3n) is 6.48. The second-order valence-electron chi connectivity index (χ2n) is 8.57. The van der Waals surface area contributed by atoms with Gasteiger partial charge in [0.1, 0.15) is 23.6 Å². The number of aromatic nitrogens is 4. The Bertz CT molecular complexity index is 1540. The smallest absolute Gasteiger partial charge is 0.413 e. The predicted molar refractivity (Wildman–Crippen MR) is 120 cm³/mol. The van der Waals surface area contributed by atoms with Gasteiger partial charge in [-0.25, -0.2) is 18.0 Å². The topological polar surface area (TPSA) is 102 Å². The Morgan fingerprint density at radius 1 is 1.14 bits per heavy atom. The number of hydrogen-bond acceptors (Lipinski definition) is 6. The van der Waals surface area contributed by atoms with Crippen molar-refractivity contribution in [2.24, 2.45) is 0 Å². The number of halogens is 3. The van der Waals surface area contributed by atoms with Gasteiger partial charge in [-0.15, -0.1) is 10.2 Å². The van der Waals surface area contributed by atoms with Gasteiger partial charge in [0.25, 0.3) is 6.43 Å². The molecule has 6 rings (SSSR count). The average Bonchev–Trinajstić information content (AvgIpc) is 3.50. The molecular weight excluding hydrogens is 479 g/mol. The molecule has 4 aromatic rings. The molecule has 1 atom stereocenters. The van der Waals surface area contributed by atoms with E-state index in [9.17, 15) is 23.1 Å². The summed E-state index contributed by atoms with van der Waals surface area (Å²) in [6.07, 6.45) is -2.74. The quantitative estimate of drug-likeness (QED) is 0.427. The SMILES string of the molecule is Cc1nc(C(F)F)ccc1-c1cc2c(n3cnnc13)N(C(=O)O)Cc1c(F)ccc3c1[C@@H](CO3)CO2. The van der Waals surface area contributed by atoms with Gasteiger partial charge in [0.05, 0.1) is 25.7 Å². The van der Waals surface area contributed by atoms with Crippen LogP contribution in [0.2, 0.25) is 0 Å². The number of benzene rings is 1. The molecule has 3 aromatic heterocycles. The number of alkyl halides is 2. The number of amides is 1. The molecule has 1 aromatic carbocycles. The highest BCUT2D eigenvalue weighted by molar-refractivity contribution is 5.91. The number of carboxylic acid groups (broad SMARTS) is 1. The first-order chi connectivity index (χ1) is 17.3. The third kappa shape index (κ3) is 3.32. The highest BCUT2D eigenvalue weighted by Crippen LogP contribution is 2.44. The van der Waals surface area contributed by atoms with Crippen LogP contribution in [0.3, 0.4) is 0 Å². The molecule has 0 unspecified atom stereocenters. The van der Waals surface area contributed by atoms with E-state index in [0.29, 0.717) is 28.1 Å². The molecule has 9 nitrogen and oxygen atoms in total. The van der Waals surface area contributed by atoms with E-state index < -0.39 is 18.3 Å². The molecule has 0 aliphatic carbocycles. The molecule has 0 saturated carbocycles. The van der Waals surface area contributed by atoms with Gasteiger partial charge in [0, 0.05) is 27.9 Å². The summed E-state index contributed by atoms with van der Waals surface area (Å²) in [6.45, 7) is 1.65. The van der Waals surface area contributed by atoms with Crippen LogP contribution >= 0.6 is 0 Å². The Balaban J connectivity index is 1.58. The van der Waals surface area contributed by atoms with Crippen molar-refractivity contribution in [1.82, 2.24) is 19.6 Å². The van der Waals surface area contributed by atoms with Gasteiger partial charge in [0.2, 0.25) is 0 Å². The molecule has 36 heavy (non-hydrogen) atoms. The number of pyridine rings is 2. The van der Waals surface area contributed by atoms with E-state index in [1.807, 2.05) is 0 Å². The zero-order chi connectivity index (χ0) is 25.1. The molecule has 184 valence electrons. The standard InChI is InChI=1S/C24H18F3N5O4/c1-11-13(2-4-17(29-11)21(26)27)14-6-19-23(32-10-28-30-22(14)32)31(24(33)34)7-15-16(25)3-5-18-20(15)12(8-35-18)9-36-19/h2-6,10,12,21H,7-9H2,1H3,(H,33,34)/t12-/m0/s1. The van der Waals surface area contributed by atoms with Crippen molar-refractivity contribution in [3.63, 3.8) is 0 Å². The van der Waals surface area contributed by atoms with E-state index >= 15 is 0 Å². The molecule has 0 fully saturated rings. The first-order valence-corrected chi connectivity index (χ1v) is 11.0. The first-order valence-electron chi connectivity index (χ1n) is 11.0. The number of hydrogen-bond donors (Lipinski definition) is 1. The Hall–Kier alpha value is -4.35. The summed E-state index contributed by atoms with van der Waals surface area (Å²) in [5.74, 6) is -0.0950. The Labute approximate surface area is 201 Å². The summed E-state index contributed by atoms with van der Waals surface area (Å²) < 4.78 is 54.6. The van der Waals surface area contributed by atoms with Gasteiger partial charge in [-0.05, 0) is 31.2 Å². The summed E-state index contributed by atoms with van der Waals surface area (Å²) in [5.41, 5.74) is 2.00. The normalized spacial score (nSPS) is 16.6. The van der Waals surface area contributed by atoms with Crippen molar-refractivity contribution in [2.75, 3.05) is 18.1 Å². The fourth-order valence-corrected chi connectivity index (χ4v) is 4.84. The Morgan fingerprint density at radius 2 is 1.92 bits per heavy atom. The lowest BCUT2D eigenvalue weighted by atomic mass is 9.95. The van der Waals surface area contributed by atoms with E-state index in [1.54, 1.807) is 13.0 Å². The second kappa shape index (κ2) is 8.11. The third-order valence-corrected chi connectivity index (χ3v) is 6.48. The highest BCUT2D eigenvalue weighted by Gasteiger charge is 2.35. The lowest BCUT2D eigenvalue weighted by Crippen LogP contribution is -2.31. The molecule has 2 aliphatic rings. The Kier molecular flexibility index (Phi) is 4.99. The summed E-state index contributed by atoms with van der Waals surface area (Å²) in [7, 11) is 0. The molecule has 0 saturated heterocycles. The largest absolute Gasteiger partial charge is 0.493 e. The van der Waals surface area contributed by atoms with E-state index in [0.717, 1.165) is 4.90 Å². The number of rotatable bonds is 2. The van der Waals surface area contributed by atoms with Gasteiger partial charge in [-0.1, -0.05) is 6.07 Å². The van der Waals surface area contributed by atoms with Crippen molar-refractivity contribution in [3.05, 3.63) is 65.0 Å². The van der Waals surface area contributed by atoms with E-state index in [-0.39, 0.29) is 54.1 Å². The van der Waals surface area contributed by atoms with Gasteiger partial charge >= 0.3 is 6.09 Å². The summed E-state index contributed by atoms with van der Waals surface area (Å²) >= 11 is 0. The number of anilines is 1. The van der Waals surface area contributed by atoms with Crippen LogP contribution in [-0.4, -0.2) is 44.0 Å². The van der Waals surface area contributed by atoms with Crippen LogP contribution in [0.15, 0.2) is 36.7 Å². The number of fused-ring (bicyclic) bond motifs is 3. The number of nitrogens with zero attached hydrogens (tertiary/aromatic N) is 5. The lowest BCUT2D eigenvalue weighted by molar-refractivity contribution is 0.146. The first kappa shape index (κ1) is 22.1. The average molecular weight is 497 g/mol. The fourth-order valence-electron chi connectivity index (χ4n) is 4.84. The lowest BCUT2D eigenvalue weighted by Gasteiger charge is -2.24. The molecule has 0 bridgehead atoms. The summed E-state index contributed by atoms with van der Waals surface area (Å²) in [4.78, 5) is 17.4. The maximum atomic E-state index is 15.0. The monoisotopic (exact) mass is 497 g/mol. The predicted octanol–water partition coefficient (Wildman–Crippen LogP) is 4.73. The molecule has 1 N–H and O–H groups in total. The van der Waals surface area contributed by atoms with Crippen LogP contribution in [0.25, 0.3) is 16.8 Å².